The monoisotopic (exact) mass is 282 g/mol. The Morgan fingerprint density at radius 1 is 1.32 bits per heavy atom. The average molecular weight is 283 g/mol. The zero-order valence-electron chi connectivity index (χ0n) is 14.6. The Bertz CT molecular complexity index is 347. The van der Waals surface area contributed by atoms with E-state index in [1.165, 1.54) is 12.0 Å². The maximum absolute atomic E-state index is 6.49. The summed E-state index contributed by atoms with van der Waals surface area (Å²) in [5, 5.41) is 0.301. The highest BCUT2D eigenvalue weighted by molar-refractivity contribution is 6.74. The second kappa shape index (κ2) is 5.36. The third-order valence-corrected chi connectivity index (χ3v) is 10.4. The molecule has 0 saturated carbocycles. The smallest absolute Gasteiger partial charge is 0.192 e. The van der Waals surface area contributed by atoms with Crippen LogP contribution < -0.4 is 0 Å². The predicted octanol–water partition coefficient (Wildman–Crippen LogP) is 5.64. The van der Waals surface area contributed by atoms with E-state index >= 15 is 0 Å². The third kappa shape index (κ3) is 3.52. The Balaban J connectivity index is 2.81. The van der Waals surface area contributed by atoms with Crippen LogP contribution in [0.1, 0.15) is 54.9 Å². The van der Waals surface area contributed by atoms with Crippen LogP contribution in [0.2, 0.25) is 18.1 Å². The summed E-state index contributed by atoms with van der Waals surface area (Å²) in [7, 11) is -1.63. The van der Waals surface area contributed by atoms with E-state index in [-0.39, 0.29) is 0 Å². The number of hydrogen-bond donors (Lipinski definition) is 0. The summed E-state index contributed by atoms with van der Waals surface area (Å²) in [6.07, 6.45) is 3.64. The molecule has 112 valence electrons. The molecule has 0 aliphatic heterocycles. The van der Waals surface area contributed by atoms with Crippen LogP contribution in [0.3, 0.4) is 0 Å². The van der Waals surface area contributed by atoms with E-state index in [9.17, 15) is 0 Å². The van der Waals surface area contributed by atoms with Crippen LogP contribution in [0.15, 0.2) is 11.6 Å². The molecule has 0 N–H and O–H groups in total. The van der Waals surface area contributed by atoms with Crippen molar-refractivity contribution in [2.75, 3.05) is 6.61 Å². The van der Waals surface area contributed by atoms with Gasteiger partial charge in [0.2, 0.25) is 0 Å². The molecule has 0 radical (unpaired) electrons. The van der Waals surface area contributed by atoms with E-state index in [2.05, 4.69) is 67.6 Å². The van der Waals surface area contributed by atoms with Crippen molar-refractivity contribution in [3.8, 4) is 0 Å². The standard InChI is InChI=1S/C17H34OSi/c1-13-10-11-14(2)17(6,7)15(13)12-18-19(8,9)16(3,4)5/h10,14-15H,11-12H2,1-9H3/t14-,15-/m1/s1. The summed E-state index contributed by atoms with van der Waals surface area (Å²) in [5.74, 6) is 1.31. The fraction of sp³-hybridized carbons (Fsp3) is 0.882. The van der Waals surface area contributed by atoms with Crippen molar-refractivity contribution in [2.24, 2.45) is 17.3 Å². The molecule has 1 aliphatic rings. The SMILES string of the molecule is CC1=CC[C@@H](C)C(C)(C)[C@@H]1CO[Si](C)(C)C(C)(C)C. The topological polar surface area (TPSA) is 9.23 Å². The largest absolute Gasteiger partial charge is 0.416 e. The molecular formula is C17H34OSi. The fourth-order valence-corrected chi connectivity index (χ4v) is 3.61. The normalized spacial score (nSPS) is 28.2. The minimum absolute atomic E-state index is 0.301. The van der Waals surface area contributed by atoms with Gasteiger partial charge < -0.3 is 4.43 Å². The van der Waals surface area contributed by atoms with Gasteiger partial charge in [0.1, 0.15) is 0 Å². The molecule has 1 aliphatic carbocycles. The van der Waals surface area contributed by atoms with E-state index < -0.39 is 8.32 Å². The van der Waals surface area contributed by atoms with E-state index in [0.29, 0.717) is 16.4 Å². The van der Waals surface area contributed by atoms with E-state index in [1.54, 1.807) is 0 Å². The zero-order valence-corrected chi connectivity index (χ0v) is 15.6. The Morgan fingerprint density at radius 2 is 1.84 bits per heavy atom. The first kappa shape index (κ1) is 17.0. The van der Waals surface area contributed by atoms with Crippen molar-refractivity contribution in [1.29, 1.82) is 0 Å². The second-order valence-electron chi connectivity index (χ2n) is 8.53. The molecule has 2 atom stereocenters. The maximum Gasteiger partial charge on any atom is 0.192 e. The Kier molecular flexibility index (Phi) is 4.79. The van der Waals surface area contributed by atoms with Crippen molar-refractivity contribution >= 4 is 8.32 Å². The van der Waals surface area contributed by atoms with Gasteiger partial charge in [0.05, 0.1) is 0 Å². The molecule has 0 saturated heterocycles. The molecule has 0 unspecified atom stereocenters. The fourth-order valence-electron chi connectivity index (χ4n) is 2.59. The first-order valence-corrected chi connectivity index (χ1v) is 10.6. The first-order chi connectivity index (χ1) is 8.39. The van der Waals surface area contributed by atoms with Gasteiger partial charge in [-0.05, 0) is 42.8 Å². The second-order valence-corrected chi connectivity index (χ2v) is 13.3. The Hall–Kier alpha value is -0.0831. The molecule has 0 aromatic carbocycles. The lowest BCUT2D eigenvalue weighted by molar-refractivity contribution is 0.0872. The van der Waals surface area contributed by atoms with E-state index in [0.717, 1.165) is 12.5 Å². The highest BCUT2D eigenvalue weighted by Gasteiger charge is 2.42. The number of rotatable bonds is 3. The highest BCUT2D eigenvalue weighted by Crippen LogP contribution is 2.46. The van der Waals surface area contributed by atoms with Crippen molar-refractivity contribution < 1.29 is 4.43 Å². The van der Waals surface area contributed by atoms with Crippen LogP contribution in [-0.4, -0.2) is 14.9 Å². The van der Waals surface area contributed by atoms with Gasteiger partial charge in [0, 0.05) is 12.5 Å². The van der Waals surface area contributed by atoms with Gasteiger partial charge in [0.25, 0.3) is 0 Å². The van der Waals surface area contributed by atoms with Crippen LogP contribution in [0.4, 0.5) is 0 Å². The number of allylic oxidation sites excluding steroid dienone is 1. The Labute approximate surface area is 122 Å². The zero-order chi connectivity index (χ0) is 15.1. The summed E-state index contributed by atoms with van der Waals surface area (Å²) >= 11 is 0. The van der Waals surface area contributed by atoms with E-state index in [4.69, 9.17) is 4.43 Å². The molecule has 0 aromatic rings. The molecule has 1 rings (SSSR count). The van der Waals surface area contributed by atoms with Crippen LogP contribution in [0.5, 0.6) is 0 Å². The molecule has 1 nitrogen and oxygen atoms in total. The summed E-state index contributed by atoms with van der Waals surface area (Å²) in [4.78, 5) is 0. The summed E-state index contributed by atoms with van der Waals surface area (Å²) < 4.78 is 6.49. The molecule has 19 heavy (non-hydrogen) atoms. The molecule has 0 fully saturated rings. The van der Waals surface area contributed by atoms with Gasteiger partial charge in [-0.1, -0.05) is 53.2 Å². The van der Waals surface area contributed by atoms with Gasteiger partial charge in [-0.2, -0.15) is 0 Å². The lowest BCUT2D eigenvalue weighted by Gasteiger charge is -2.45. The van der Waals surface area contributed by atoms with Crippen LogP contribution in [-0.2, 0) is 4.43 Å². The number of hydrogen-bond acceptors (Lipinski definition) is 1. The molecule has 0 heterocycles. The molecule has 0 aromatic heterocycles. The molecular weight excluding hydrogens is 248 g/mol. The minimum Gasteiger partial charge on any atom is -0.416 e. The molecule has 0 amide bonds. The van der Waals surface area contributed by atoms with Crippen LogP contribution in [0, 0.1) is 17.3 Å². The van der Waals surface area contributed by atoms with Crippen molar-refractivity contribution in [2.45, 2.75) is 73.0 Å². The van der Waals surface area contributed by atoms with Gasteiger partial charge in [-0.25, -0.2) is 0 Å². The maximum atomic E-state index is 6.49. The molecule has 0 spiro atoms. The lowest BCUT2D eigenvalue weighted by atomic mass is 9.63. The van der Waals surface area contributed by atoms with Gasteiger partial charge in [-0.3, -0.25) is 0 Å². The van der Waals surface area contributed by atoms with Gasteiger partial charge >= 0.3 is 0 Å². The Morgan fingerprint density at radius 3 is 2.32 bits per heavy atom. The van der Waals surface area contributed by atoms with Crippen molar-refractivity contribution in [3.05, 3.63) is 11.6 Å². The summed E-state index contributed by atoms with van der Waals surface area (Å²) in [6, 6.07) is 0. The van der Waals surface area contributed by atoms with Gasteiger partial charge in [-0.15, -0.1) is 0 Å². The average Bonchev–Trinajstić information content (AvgIpc) is 2.22. The summed E-state index contributed by atoms with van der Waals surface area (Å²) in [6.45, 7) is 22.0. The first-order valence-electron chi connectivity index (χ1n) is 7.70. The van der Waals surface area contributed by atoms with Crippen molar-refractivity contribution in [3.63, 3.8) is 0 Å². The van der Waals surface area contributed by atoms with Crippen LogP contribution in [0.25, 0.3) is 0 Å². The highest BCUT2D eigenvalue weighted by atomic mass is 28.4. The van der Waals surface area contributed by atoms with Crippen molar-refractivity contribution in [1.82, 2.24) is 0 Å². The lowest BCUT2D eigenvalue weighted by Crippen LogP contribution is -2.45. The van der Waals surface area contributed by atoms with Crippen LogP contribution >= 0.6 is 0 Å². The van der Waals surface area contributed by atoms with Gasteiger partial charge in [0.15, 0.2) is 8.32 Å². The quantitative estimate of drug-likeness (QED) is 0.481. The minimum atomic E-state index is -1.63. The summed E-state index contributed by atoms with van der Waals surface area (Å²) in [5.41, 5.74) is 1.88. The third-order valence-electron chi connectivity index (χ3n) is 5.93. The molecule has 2 heteroatoms. The van der Waals surface area contributed by atoms with E-state index in [1.807, 2.05) is 0 Å². The molecule has 0 bridgehead atoms. The predicted molar refractivity (Wildman–Crippen MR) is 88.0 cm³/mol.